The highest BCUT2D eigenvalue weighted by Gasteiger charge is 2.69. The number of rotatable bonds is 6. The van der Waals surface area contributed by atoms with Crippen LogP contribution in [0.5, 0.6) is 5.75 Å². The predicted molar refractivity (Wildman–Crippen MR) is 153 cm³/mol. The Bertz CT molecular complexity index is 1550. The summed E-state index contributed by atoms with van der Waals surface area (Å²) in [4.78, 5) is 83.0. The summed E-state index contributed by atoms with van der Waals surface area (Å²) in [5, 5.41) is 25.6. The van der Waals surface area contributed by atoms with Gasteiger partial charge in [-0.15, -0.1) is 0 Å². The number of ketones is 4. The predicted octanol–water partition coefficient (Wildman–Crippen LogP) is 0.108. The minimum absolute atomic E-state index is 0.0370. The molecule has 2 fully saturated rings. The van der Waals surface area contributed by atoms with Gasteiger partial charge in [0.25, 0.3) is 0 Å². The second-order valence-electron chi connectivity index (χ2n) is 12.1. The van der Waals surface area contributed by atoms with Crippen LogP contribution in [0.4, 0.5) is 5.69 Å². The number of phenolic OH excluding ortho intramolecular Hbond substituents is 1. The molecule has 5 N–H and O–H groups in total. The number of carbonyl (C=O) groups excluding carboxylic acids is 6. The third-order valence-corrected chi connectivity index (χ3v) is 9.07. The average Bonchev–Trinajstić information content (AvgIpc) is 2.92. The van der Waals surface area contributed by atoms with Crippen LogP contribution in [0.25, 0.3) is 0 Å². The van der Waals surface area contributed by atoms with Crippen LogP contribution in [-0.2, 0) is 30.4 Å². The van der Waals surface area contributed by atoms with Crippen LogP contribution in [-0.4, -0.2) is 94.8 Å². The quantitative estimate of drug-likeness (QED) is 0.266. The van der Waals surface area contributed by atoms with E-state index in [1.54, 1.807) is 49.3 Å². The number of hydrogen-bond donors (Lipinski definition) is 4. The van der Waals surface area contributed by atoms with E-state index in [0.717, 1.165) is 0 Å². The Kier molecular flexibility index (Phi) is 7.57. The van der Waals surface area contributed by atoms with Crippen molar-refractivity contribution in [1.82, 2.24) is 9.80 Å². The zero-order valence-electron chi connectivity index (χ0n) is 24.2. The number of amides is 2. The molecular weight excluding hydrogens is 556 g/mol. The summed E-state index contributed by atoms with van der Waals surface area (Å²) in [7, 11) is 6.51. The lowest BCUT2D eigenvalue weighted by Crippen LogP contribution is -2.74. The van der Waals surface area contributed by atoms with Gasteiger partial charge in [0.2, 0.25) is 11.8 Å². The molecule has 0 saturated heterocycles. The van der Waals surface area contributed by atoms with Gasteiger partial charge in [0, 0.05) is 5.92 Å². The maximum Gasteiger partial charge on any atom is 0.246 e. The van der Waals surface area contributed by atoms with E-state index in [1.165, 1.54) is 25.1 Å². The van der Waals surface area contributed by atoms with Crippen LogP contribution in [0.2, 0.25) is 0 Å². The fourth-order valence-corrected chi connectivity index (χ4v) is 7.20. The number of benzene rings is 2. The van der Waals surface area contributed by atoms with Gasteiger partial charge in [0.05, 0.1) is 23.2 Å². The molecule has 12 nitrogen and oxygen atoms in total. The highest BCUT2D eigenvalue weighted by atomic mass is 16.3. The number of primary amides is 1. The largest absolute Gasteiger partial charge is 0.505 e. The molecule has 43 heavy (non-hydrogen) atoms. The molecule has 5 unspecified atom stereocenters. The fourth-order valence-electron chi connectivity index (χ4n) is 7.20. The van der Waals surface area contributed by atoms with Gasteiger partial charge in [-0.1, -0.05) is 36.4 Å². The molecule has 3 aliphatic rings. The number of hydrogen-bond acceptors (Lipinski definition) is 10. The summed E-state index contributed by atoms with van der Waals surface area (Å²) in [6, 6.07) is 10.2. The molecule has 0 aromatic heterocycles. The molecule has 0 aliphatic heterocycles. The Morgan fingerprint density at radius 3 is 2.23 bits per heavy atom. The first-order chi connectivity index (χ1) is 20.2. The molecule has 0 spiro atoms. The van der Waals surface area contributed by atoms with Gasteiger partial charge in [0.15, 0.2) is 34.7 Å². The number of nitrogens with one attached hydrogen (secondary N) is 1. The SMILES string of the molecule is CN(C)C(C(=O)Nc1ccc2c(c1O)C(=O)C1C(=O)[C@]3(O)C(=O)C(C(N)=O)C(=O)[C@@H](N(C)C)C3CC1C2)c1ccccc1. The second kappa shape index (κ2) is 10.8. The van der Waals surface area contributed by atoms with E-state index in [0.29, 0.717) is 11.1 Å². The first kappa shape index (κ1) is 30.2. The Labute approximate surface area is 247 Å². The minimum Gasteiger partial charge on any atom is -0.505 e. The summed E-state index contributed by atoms with van der Waals surface area (Å²) >= 11 is 0. The number of nitrogens with two attached hydrogens (primary N) is 1. The molecule has 0 bridgehead atoms. The summed E-state index contributed by atoms with van der Waals surface area (Å²) < 4.78 is 0. The third kappa shape index (κ3) is 4.57. The zero-order valence-corrected chi connectivity index (χ0v) is 24.2. The molecule has 226 valence electrons. The number of nitrogens with zero attached hydrogens (tertiary/aromatic N) is 2. The lowest BCUT2D eigenvalue weighted by atomic mass is 9.52. The molecule has 2 saturated carbocycles. The number of aromatic hydroxyl groups is 1. The number of Topliss-reactive ketones (excluding diaryl/α,β-unsaturated/α-hetero) is 4. The van der Waals surface area contributed by atoms with Gasteiger partial charge < -0.3 is 21.3 Å². The number of fused-ring (bicyclic) bond motifs is 3. The Balaban J connectivity index is 1.51. The molecule has 2 amide bonds. The average molecular weight is 591 g/mol. The summed E-state index contributed by atoms with van der Waals surface area (Å²) in [5.74, 6) is -11.8. The van der Waals surface area contributed by atoms with Gasteiger partial charge in [-0.05, 0) is 64.1 Å². The Hall–Kier alpha value is -4.26. The fraction of sp³-hybridized carbons (Fsp3) is 0.419. The molecule has 0 radical (unpaired) electrons. The van der Waals surface area contributed by atoms with E-state index in [-0.39, 0.29) is 24.1 Å². The van der Waals surface area contributed by atoms with Gasteiger partial charge in [0.1, 0.15) is 11.8 Å². The molecule has 12 heteroatoms. The van der Waals surface area contributed by atoms with Crippen molar-refractivity contribution < 1.29 is 39.0 Å². The van der Waals surface area contributed by atoms with E-state index in [9.17, 15) is 39.0 Å². The number of phenols is 1. The molecule has 0 heterocycles. The zero-order chi connectivity index (χ0) is 31.5. The van der Waals surface area contributed by atoms with Crippen LogP contribution in [0, 0.1) is 23.7 Å². The van der Waals surface area contributed by atoms with Crippen LogP contribution in [0.3, 0.4) is 0 Å². The number of aliphatic hydroxyl groups is 1. The molecular formula is C31H34N4O8. The van der Waals surface area contributed by atoms with E-state index in [2.05, 4.69) is 5.32 Å². The lowest BCUT2D eigenvalue weighted by Gasteiger charge is -2.52. The highest BCUT2D eigenvalue weighted by molar-refractivity contribution is 6.32. The van der Waals surface area contributed by atoms with Crippen molar-refractivity contribution in [2.45, 2.75) is 30.5 Å². The van der Waals surface area contributed by atoms with Gasteiger partial charge in [-0.3, -0.25) is 38.6 Å². The molecule has 7 atom stereocenters. The highest BCUT2D eigenvalue weighted by Crippen LogP contribution is 2.51. The van der Waals surface area contributed by atoms with E-state index >= 15 is 0 Å². The standard InChI is InChI=1S/C31H34N4O8/c1-34(2)22(14-8-6-5-7-9-14)30(42)33-18-11-10-15-12-16-13-17-23(35(3)4)26(38)21(29(32)41)28(40)31(17,43)27(39)20(16)25(37)19(15)24(18)36/h5-11,16-17,20-23,36,43H,12-13H2,1-4H3,(H2,32,41)(H,33,42)/t16?,17?,20?,21?,22?,23-,31-/m0/s1. The molecule has 3 aliphatic carbocycles. The monoisotopic (exact) mass is 590 g/mol. The number of carbonyl (C=O) groups is 6. The summed E-state index contributed by atoms with van der Waals surface area (Å²) in [5.41, 5.74) is 3.46. The van der Waals surface area contributed by atoms with Crippen molar-refractivity contribution >= 4 is 40.6 Å². The van der Waals surface area contributed by atoms with Crippen molar-refractivity contribution in [1.29, 1.82) is 0 Å². The number of likely N-dealkylation sites (N-methyl/N-ethyl adjacent to an activating group) is 2. The first-order valence-electron chi connectivity index (χ1n) is 13.9. The smallest absolute Gasteiger partial charge is 0.246 e. The van der Waals surface area contributed by atoms with Gasteiger partial charge >= 0.3 is 0 Å². The van der Waals surface area contributed by atoms with Crippen LogP contribution in [0.15, 0.2) is 42.5 Å². The normalized spacial score (nSPS) is 29.1. The van der Waals surface area contributed by atoms with Gasteiger partial charge in [-0.2, -0.15) is 0 Å². The number of anilines is 1. The Morgan fingerprint density at radius 1 is 1.00 bits per heavy atom. The van der Waals surface area contributed by atoms with Crippen molar-refractivity contribution in [2.75, 3.05) is 33.5 Å². The van der Waals surface area contributed by atoms with E-state index in [1.807, 2.05) is 6.07 Å². The van der Waals surface area contributed by atoms with Crippen molar-refractivity contribution in [3.8, 4) is 5.75 Å². The first-order valence-corrected chi connectivity index (χ1v) is 13.9. The lowest BCUT2D eigenvalue weighted by molar-refractivity contribution is -0.181. The summed E-state index contributed by atoms with van der Waals surface area (Å²) in [6.45, 7) is 0. The molecule has 2 aromatic carbocycles. The minimum atomic E-state index is -2.80. The maximum absolute atomic E-state index is 14.0. The van der Waals surface area contributed by atoms with E-state index < -0.39 is 82.1 Å². The maximum atomic E-state index is 14.0. The molecule has 5 rings (SSSR count). The van der Waals surface area contributed by atoms with Crippen LogP contribution < -0.4 is 11.1 Å². The third-order valence-electron chi connectivity index (χ3n) is 9.07. The van der Waals surface area contributed by atoms with Gasteiger partial charge in [-0.25, -0.2) is 0 Å². The van der Waals surface area contributed by atoms with Crippen molar-refractivity contribution in [3.05, 3.63) is 59.2 Å². The van der Waals surface area contributed by atoms with Crippen LogP contribution >= 0.6 is 0 Å². The Morgan fingerprint density at radius 2 is 1.65 bits per heavy atom. The molecule has 2 aromatic rings. The van der Waals surface area contributed by atoms with Crippen molar-refractivity contribution in [2.24, 2.45) is 29.4 Å². The van der Waals surface area contributed by atoms with Crippen molar-refractivity contribution in [3.63, 3.8) is 0 Å². The summed E-state index contributed by atoms with van der Waals surface area (Å²) in [6.07, 6.45) is 0.0999. The van der Waals surface area contributed by atoms with E-state index in [4.69, 9.17) is 5.73 Å². The second-order valence-corrected chi connectivity index (χ2v) is 12.1. The topological polar surface area (TPSA) is 187 Å². The van der Waals surface area contributed by atoms with Crippen LogP contribution in [0.1, 0.15) is 33.9 Å².